The Bertz CT molecular complexity index is 1470. The van der Waals surface area contributed by atoms with E-state index in [0.717, 1.165) is 24.9 Å². The maximum absolute atomic E-state index is 12.9. The van der Waals surface area contributed by atoms with E-state index in [1.54, 1.807) is 31.3 Å². The van der Waals surface area contributed by atoms with Crippen molar-refractivity contribution in [3.8, 4) is 5.75 Å². The molecule has 1 N–H and O–H groups in total. The molecular formula is C25H20BrIN4O3. The molecule has 0 fully saturated rings. The zero-order chi connectivity index (χ0) is 24.2. The minimum atomic E-state index is -0.241. The number of fused-ring (bicyclic) bond motifs is 1. The van der Waals surface area contributed by atoms with Gasteiger partial charge in [-0.2, -0.15) is 9.78 Å². The molecule has 0 aliphatic heterocycles. The van der Waals surface area contributed by atoms with Crippen molar-refractivity contribution < 1.29 is 9.53 Å². The van der Waals surface area contributed by atoms with Crippen molar-refractivity contribution >= 4 is 67.2 Å². The number of carbonyl (C=O) groups excluding carboxylic acids is 1. The van der Waals surface area contributed by atoms with Crippen molar-refractivity contribution in [2.45, 2.75) is 13.8 Å². The minimum absolute atomic E-state index is 0.107. The first-order valence-electron chi connectivity index (χ1n) is 10.3. The highest BCUT2D eigenvalue weighted by atomic mass is 127. The summed E-state index contributed by atoms with van der Waals surface area (Å²) in [5, 5.41) is 7.64. The molecular weight excluding hydrogens is 611 g/mol. The second kappa shape index (κ2) is 10.5. The average Bonchev–Trinajstić information content (AvgIpc) is 2.80. The summed E-state index contributed by atoms with van der Waals surface area (Å²) < 4.78 is 8.57. The van der Waals surface area contributed by atoms with Crippen LogP contribution in [0.3, 0.4) is 0 Å². The van der Waals surface area contributed by atoms with Crippen LogP contribution in [0, 0.1) is 17.4 Å². The van der Waals surface area contributed by atoms with Gasteiger partial charge in [-0.05, 0) is 90.5 Å². The minimum Gasteiger partial charge on any atom is -0.483 e. The van der Waals surface area contributed by atoms with E-state index in [-0.39, 0.29) is 18.1 Å². The Kier molecular flexibility index (Phi) is 7.42. The molecule has 0 atom stereocenters. The third-order valence-electron chi connectivity index (χ3n) is 4.94. The van der Waals surface area contributed by atoms with Crippen LogP contribution < -0.4 is 15.6 Å². The molecule has 1 amide bonds. The highest BCUT2D eigenvalue weighted by Crippen LogP contribution is 2.22. The molecule has 0 aliphatic rings. The normalized spacial score (nSPS) is 11.2. The Morgan fingerprint density at radius 1 is 1.15 bits per heavy atom. The van der Waals surface area contributed by atoms with Crippen LogP contribution in [0.15, 0.2) is 75.0 Å². The van der Waals surface area contributed by atoms with Crippen molar-refractivity contribution in [1.82, 2.24) is 9.66 Å². The van der Waals surface area contributed by atoms with E-state index in [4.69, 9.17) is 4.74 Å². The first-order valence-corrected chi connectivity index (χ1v) is 12.2. The van der Waals surface area contributed by atoms with Gasteiger partial charge in [0.2, 0.25) is 0 Å². The SMILES string of the molecule is Cc1ccc(NC(=O)COc2ccc(C=Nn3c(C)nc4ccc(Br)cc4c3=O)cc2I)cc1. The highest BCUT2D eigenvalue weighted by molar-refractivity contribution is 14.1. The number of rotatable bonds is 6. The average molecular weight is 631 g/mol. The lowest BCUT2D eigenvalue weighted by Gasteiger charge is -2.10. The Balaban J connectivity index is 1.45. The first kappa shape index (κ1) is 24.1. The lowest BCUT2D eigenvalue weighted by atomic mass is 10.2. The second-order valence-corrected chi connectivity index (χ2v) is 9.65. The molecule has 9 heteroatoms. The molecule has 0 aliphatic carbocycles. The predicted molar refractivity (Wildman–Crippen MR) is 146 cm³/mol. The van der Waals surface area contributed by atoms with Gasteiger partial charge in [0.1, 0.15) is 11.6 Å². The van der Waals surface area contributed by atoms with Crippen LogP contribution in [0.4, 0.5) is 5.69 Å². The Hall–Kier alpha value is -3.05. The number of amides is 1. The number of anilines is 1. The van der Waals surface area contributed by atoms with E-state index >= 15 is 0 Å². The largest absolute Gasteiger partial charge is 0.483 e. The van der Waals surface area contributed by atoms with E-state index < -0.39 is 0 Å². The third kappa shape index (κ3) is 5.71. The van der Waals surface area contributed by atoms with Gasteiger partial charge in [0.15, 0.2) is 6.61 Å². The number of nitrogens with one attached hydrogen (secondary N) is 1. The van der Waals surface area contributed by atoms with Gasteiger partial charge >= 0.3 is 0 Å². The van der Waals surface area contributed by atoms with Crippen molar-refractivity contribution in [1.29, 1.82) is 0 Å². The van der Waals surface area contributed by atoms with Gasteiger partial charge in [0.25, 0.3) is 11.5 Å². The van der Waals surface area contributed by atoms with E-state index in [1.165, 1.54) is 4.68 Å². The second-order valence-electron chi connectivity index (χ2n) is 7.57. The summed E-state index contributed by atoms with van der Waals surface area (Å²) in [5.41, 5.74) is 3.01. The molecule has 3 aromatic carbocycles. The molecule has 4 rings (SSSR count). The van der Waals surface area contributed by atoms with Crippen LogP contribution in [-0.4, -0.2) is 28.4 Å². The van der Waals surface area contributed by atoms with Gasteiger partial charge in [-0.15, -0.1) is 0 Å². The summed E-state index contributed by atoms with van der Waals surface area (Å²) in [6.07, 6.45) is 1.59. The molecule has 4 aromatic rings. The van der Waals surface area contributed by atoms with E-state index in [9.17, 15) is 9.59 Å². The molecule has 0 unspecified atom stereocenters. The van der Waals surface area contributed by atoms with Gasteiger partial charge in [-0.1, -0.05) is 33.6 Å². The van der Waals surface area contributed by atoms with E-state index in [1.807, 2.05) is 49.4 Å². The van der Waals surface area contributed by atoms with Crippen LogP contribution in [0.25, 0.3) is 10.9 Å². The van der Waals surface area contributed by atoms with Crippen LogP contribution in [0.1, 0.15) is 17.0 Å². The van der Waals surface area contributed by atoms with Gasteiger partial charge in [-0.25, -0.2) is 4.98 Å². The zero-order valence-corrected chi connectivity index (χ0v) is 22.1. The van der Waals surface area contributed by atoms with Crippen LogP contribution in [0.2, 0.25) is 0 Å². The number of nitrogens with zero attached hydrogens (tertiary/aromatic N) is 3. The van der Waals surface area contributed by atoms with Gasteiger partial charge in [0, 0.05) is 10.2 Å². The predicted octanol–water partition coefficient (Wildman–Crippen LogP) is 5.28. The van der Waals surface area contributed by atoms with E-state index in [0.29, 0.717) is 22.5 Å². The summed E-state index contributed by atoms with van der Waals surface area (Å²) in [5.74, 6) is 0.836. The number of hydrogen-bond acceptors (Lipinski definition) is 5. The molecule has 1 heterocycles. The molecule has 172 valence electrons. The fourth-order valence-corrected chi connectivity index (χ4v) is 4.27. The molecule has 0 saturated carbocycles. The quantitative estimate of drug-likeness (QED) is 0.232. The van der Waals surface area contributed by atoms with Crippen LogP contribution in [-0.2, 0) is 4.79 Å². The fourth-order valence-electron chi connectivity index (χ4n) is 3.21. The lowest BCUT2D eigenvalue weighted by molar-refractivity contribution is -0.118. The summed E-state index contributed by atoms with van der Waals surface area (Å²) >= 11 is 5.53. The number of carbonyl (C=O) groups is 1. The summed E-state index contributed by atoms with van der Waals surface area (Å²) in [4.78, 5) is 29.5. The van der Waals surface area contributed by atoms with Crippen LogP contribution in [0.5, 0.6) is 5.75 Å². The van der Waals surface area contributed by atoms with Crippen molar-refractivity contribution in [2.24, 2.45) is 5.10 Å². The Labute approximate surface area is 218 Å². The van der Waals surface area contributed by atoms with Gasteiger partial charge < -0.3 is 10.1 Å². The topological polar surface area (TPSA) is 85.6 Å². The number of benzene rings is 3. The van der Waals surface area contributed by atoms with Gasteiger partial charge in [-0.3, -0.25) is 9.59 Å². The molecule has 0 bridgehead atoms. The monoisotopic (exact) mass is 630 g/mol. The zero-order valence-electron chi connectivity index (χ0n) is 18.4. The number of aromatic nitrogens is 2. The molecule has 0 radical (unpaired) electrons. The molecule has 34 heavy (non-hydrogen) atoms. The molecule has 0 saturated heterocycles. The maximum Gasteiger partial charge on any atom is 0.282 e. The van der Waals surface area contributed by atoms with Crippen molar-refractivity contribution in [3.05, 3.63) is 96.0 Å². The standard InChI is InChI=1S/C25H20BrIN4O3/c1-15-3-7-19(8-4-15)30-24(32)14-34-23-10-5-17(11-21(23)27)13-28-31-16(2)29-22-9-6-18(26)12-20(22)25(31)33/h3-13H,14H2,1-2H3,(H,30,32). The number of hydrogen-bond donors (Lipinski definition) is 1. The third-order valence-corrected chi connectivity index (χ3v) is 6.28. The molecule has 0 spiro atoms. The lowest BCUT2D eigenvalue weighted by Crippen LogP contribution is -2.20. The summed E-state index contributed by atoms with van der Waals surface area (Å²) in [7, 11) is 0. The van der Waals surface area contributed by atoms with Crippen molar-refractivity contribution in [2.75, 3.05) is 11.9 Å². The fraction of sp³-hybridized carbons (Fsp3) is 0.120. The number of halogens is 2. The maximum atomic E-state index is 12.9. The molecule has 7 nitrogen and oxygen atoms in total. The number of ether oxygens (including phenoxy) is 1. The smallest absolute Gasteiger partial charge is 0.282 e. The number of aryl methyl sites for hydroxylation is 2. The Morgan fingerprint density at radius 3 is 2.65 bits per heavy atom. The summed E-state index contributed by atoms with van der Waals surface area (Å²) in [6.45, 7) is 3.62. The van der Waals surface area contributed by atoms with Crippen LogP contribution >= 0.6 is 38.5 Å². The highest BCUT2D eigenvalue weighted by Gasteiger charge is 2.09. The Morgan fingerprint density at radius 2 is 1.91 bits per heavy atom. The molecule has 1 aromatic heterocycles. The first-order chi connectivity index (χ1) is 16.3. The van der Waals surface area contributed by atoms with Crippen molar-refractivity contribution in [3.63, 3.8) is 0 Å². The van der Waals surface area contributed by atoms with Gasteiger partial charge in [0.05, 0.1) is 20.7 Å². The summed E-state index contributed by atoms with van der Waals surface area (Å²) in [6, 6.07) is 18.4. The van der Waals surface area contributed by atoms with E-state index in [2.05, 4.69) is 53.9 Å².